The molecule has 0 bridgehead atoms. The van der Waals surface area contributed by atoms with Gasteiger partial charge in [0.1, 0.15) is 11.8 Å². The van der Waals surface area contributed by atoms with Gasteiger partial charge in [0.15, 0.2) is 11.5 Å². The van der Waals surface area contributed by atoms with Crippen molar-refractivity contribution in [3.8, 4) is 0 Å². The second-order valence-corrected chi connectivity index (χ2v) is 8.11. The molecule has 2 aromatic rings. The second-order valence-electron chi connectivity index (χ2n) is 8.11. The molecular formula is C20H30N6O. The Balaban J connectivity index is 1.37. The molecule has 2 aliphatic rings. The molecule has 1 saturated heterocycles. The van der Waals surface area contributed by atoms with Crippen LogP contribution >= 0.6 is 0 Å². The zero-order valence-electron chi connectivity index (χ0n) is 16.2. The summed E-state index contributed by atoms with van der Waals surface area (Å²) in [7, 11) is 0. The lowest BCUT2D eigenvalue weighted by molar-refractivity contribution is -0.135. The lowest BCUT2D eigenvalue weighted by Gasteiger charge is -2.28. The zero-order chi connectivity index (χ0) is 18.6. The summed E-state index contributed by atoms with van der Waals surface area (Å²) in [4.78, 5) is 33.4. The van der Waals surface area contributed by atoms with E-state index in [0.29, 0.717) is 11.6 Å². The minimum atomic E-state index is 0.137. The number of hydrogen-bond donors (Lipinski definition) is 1. The summed E-state index contributed by atoms with van der Waals surface area (Å²) in [6.45, 7) is 5.41. The van der Waals surface area contributed by atoms with E-state index in [2.05, 4.69) is 36.7 Å². The van der Waals surface area contributed by atoms with E-state index >= 15 is 0 Å². The van der Waals surface area contributed by atoms with Gasteiger partial charge < -0.3 is 14.8 Å². The van der Waals surface area contributed by atoms with E-state index in [1.807, 2.05) is 0 Å². The summed E-state index contributed by atoms with van der Waals surface area (Å²) >= 11 is 0. The van der Waals surface area contributed by atoms with Gasteiger partial charge in [-0.2, -0.15) is 0 Å². The summed E-state index contributed by atoms with van der Waals surface area (Å²) in [6, 6.07) is 0. The normalized spacial score (nSPS) is 20.6. The Bertz CT molecular complexity index is 769. The van der Waals surface area contributed by atoms with E-state index < -0.39 is 0 Å². The van der Waals surface area contributed by atoms with Gasteiger partial charge in [0.25, 0.3) is 0 Å². The largest absolute Gasteiger partial charge is 0.353 e. The van der Waals surface area contributed by atoms with Crippen molar-refractivity contribution in [1.82, 2.24) is 24.8 Å². The summed E-state index contributed by atoms with van der Waals surface area (Å²) in [5.74, 6) is 2.10. The fourth-order valence-corrected chi connectivity index (χ4v) is 4.68. The van der Waals surface area contributed by atoms with Crippen LogP contribution in [0.4, 0.5) is 5.82 Å². The van der Waals surface area contributed by atoms with Crippen molar-refractivity contribution in [1.29, 1.82) is 0 Å². The Labute approximate surface area is 160 Å². The third-order valence-corrected chi connectivity index (χ3v) is 6.14. The van der Waals surface area contributed by atoms with Crippen LogP contribution in [0.15, 0.2) is 12.7 Å². The number of amides is 1. The van der Waals surface area contributed by atoms with Crippen LogP contribution in [0.2, 0.25) is 0 Å². The molecule has 1 unspecified atom stereocenters. The predicted molar refractivity (Wildman–Crippen MR) is 105 cm³/mol. The molecule has 1 atom stereocenters. The molecule has 1 aliphatic carbocycles. The van der Waals surface area contributed by atoms with Gasteiger partial charge >= 0.3 is 0 Å². The first-order chi connectivity index (χ1) is 13.2. The summed E-state index contributed by atoms with van der Waals surface area (Å²) < 4.78 is 0. The second kappa shape index (κ2) is 8.23. The van der Waals surface area contributed by atoms with Crippen molar-refractivity contribution in [3.05, 3.63) is 12.7 Å². The van der Waals surface area contributed by atoms with Gasteiger partial charge in [-0.05, 0) is 18.8 Å². The Morgan fingerprint density at radius 3 is 2.81 bits per heavy atom. The number of imidazole rings is 1. The maximum absolute atomic E-state index is 13.0. The highest BCUT2D eigenvalue weighted by Gasteiger charge is 2.27. The highest BCUT2D eigenvalue weighted by atomic mass is 16.2. The van der Waals surface area contributed by atoms with E-state index in [0.717, 1.165) is 56.3 Å². The molecule has 27 heavy (non-hydrogen) atoms. The van der Waals surface area contributed by atoms with E-state index in [1.165, 1.54) is 32.1 Å². The Kier molecular flexibility index (Phi) is 5.55. The summed E-state index contributed by atoms with van der Waals surface area (Å²) in [5, 5.41) is 0. The number of aromatic nitrogens is 4. The van der Waals surface area contributed by atoms with Crippen LogP contribution < -0.4 is 4.90 Å². The first-order valence-electron chi connectivity index (χ1n) is 10.4. The molecule has 7 heteroatoms. The molecule has 7 nitrogen and oxygen atoms in total. The topological polar surface area (TPSA) is 78.0 Å². The molecule has 1 aliphatic heterocycles. The van der Waals surface area contributed by atoms with Gasteiger partial charge in [0.05, 0.1) is 6.33 Å². The van der Waals surface area contributed by atoms with Crippen molar-refractivity contribution >= 4 is 22.9 Å². The number of anilines is 1. The first kappa shape index (κ1) is 18.2. The molecule has 3 heterocycles. The molecule has 2 fully saturated rings. The number of H-pyrrole nitrogens is 1. The maximum Gasteiger partial charge on any atom is 0.225 e. The third-order valence-electron chi connectivity index (χ3n) is 6.14. The van der Waals surface area contributed by atoms with Crippen LogP contribution in [0, 0.1) is 11.8 Å². The minimum Gasteiger partial charge on any atom is -0.353 e. The molecule has 0 spiro atoms. The number of nitrogens with zero attached hydrogens (tertiary/aromatic N) is 5. The molecule has 146 valence electrons. The summed E-state index contributed by atoms with van der Waals surface area (Å²) in [5.41, 5.74) is 1.57. The van der Waals surface area contributed by atoms with Crippen LogP contribution in [0.25, 0.3) is 11.2 Å². The Morgan fingerprint density at radius 2 is 1.96 bits per heavy atom. The molecule has 1 amide bonds. The highest BCUT2D eigenvalue weighted by Crippen LogP contribution is 2.30. The van der Waals surface area contributed by atoms with E-state index in [4.69, 9.17) is 0 Å². The minimum absolute atomic E-state index is 0.137. The fraction of sp³-hybridized carbons (Fsp3) is 0.700. The molecule has 1 saturated carbocycles. The zero-order valence-corrected chi connectivity index (χ0v) is 16.2. The molecule has 2 aromatic heterocycles. The molecule has 4 rings (SSSR count). The van der Waals surface area contributed by atoms with Gasteiger partial charge in [0, 0.05) is 32.1 Å². The number of hydrogen-bond acceptors (Lipinski definition) is 5. The highest BCUT2D eigenvalue weighted by molar-refractivity contribution is 5.83. The lowest BCUT2D eigenvalue weighted by atomic mass is 9.83. The molecule has 1 N–H and O–H groups in total. The monoisotopic (exact) mass is 370 g/mol. The van der Waals surface area contributed by atoms with Crippen LogP contribution in [-0.2, 0) is 4.79 Å². The van der Waals surface area contributed by atoms with Gasteiger partial charge in [-0.1, -0.05) is 39.0 Å². The predicted octanol–water partition coefficient (Wildman–Crippen LogP) is 3.00. The van der Waals surface area contributed by atoms with Gasteiger partial charge in [-0.15, -0.1) is 0 Å². The Hall–Kier alpha value is -2.18. The number of nitrogens with one attached hydrogen (secondary N) is 1. The van der Waals surface area contributed by atoms with Crippen LogP contribution in [0.5, 0.6) is 0 Å². The fourth-order valence-electron chi connectivity index (χ4n) is 4.68. The maximum atomic E-state index is 13.0. The summed E-state index contributed by atoms with van der Waals surface area (Å²) in [6.07, 6.45) is 11.9. The molecule has 0 aromatic carbocycles. The lowest BCUT2D eigenvalue weighted by Crippen LogP contribution is -2.39. The SMILES string of the molecule is CC(CC1CCCCC1)C(=O)N1CCCN(c2ncnc3nc[nH]c23)CC1. The van der Waals surface area contributed by atoms with Crippen molar-refractivity contribution in [2.45, 2.75) is 51.9 Å². The van der Waals surface area contributed by atoms with Gasteiger partial charge in [-0.3, -0.25) is 4.79 Å². The van der Waals surface area contributed by atoms with Gasteiger partial charge in [0.2, 0.25) is 5.91 Å². The van der Waals surface area contributed by atoms with Crippen LogP contribution in [0.1, 0.15) is 51.9 Å². The average Bonchev–Trinajstić information content (AvgIpc) is 3.05. The van der Waals surface area contributed by atoms with Crippen LogP contribution in [-0.4, -0.2) is 56.9 Å². The van der Waals surface area contributed by atoms with Crippen molar-refractivity contribution in [3.63, 3.8) is 0 Å². The van der Waals surface area contributed by atoms with E-state index in [-0.39, 0.29) is 5.92 Å². The standard InChI is InChI=1S/C20H30N6O/c1-15(12-16-6-3-2-4-7-16)20(27)26-9-5-8-25(10-11-26)19-17-18(22-13-21-17)23-14-24-19/h13-16H,2-12H2,1H3,(H,21,22,23,24). The van der Waals surface area contributed by atoms with E-state index in [9.17, 15) is 4.79 Å². The smallest absolute Gasteiger partial charge is 0.225 e. The van der Waals surface area contributed by atoms with Crippen molar-refractivity contribution in [2.24, 2.45) is 11.8 Å². The number of carbonyl (C=O) groups is 1. The number of rotatable bonds is 4. The van der Waals surface area contributed by atoms with E-state index in [1.54, 1.807) is 12.7 Å². The van der Waals surface area contributed by atoms with Gasteiger partial charge in [-0.25, -0.2) is 15.0 Å². The number of aromatic amines is 1. The number of fused-ring (bicyclic) bond motifs is 1. The first-order valence-corrected chi connectivity index (χ1v) is 10.4. The van der Waals surface area contributed by atoms with Crippen molar-refractivity contribution < 1.29 is 4.79 Å². The van der Waals surface area contributed by atoms with Crippen molar-refractivity contribution in [2.75, 3.05) is 31.1 Å². The third kappa shape index (κ3) is 4.06. The Morgan fingerprint density at radius 1 is 1.11 bits per heavy atom. The average molecular weight is 371 g/mol. The number of carbonyl (C=O) groups excluding carboxylic acids is 1. The molecular weight excluding hydrogens is 340 g/mol. The quantitative estimate of drug-likeness (QED) is 0.895. The van der Waals surface area contributed by atoms with Crippen LogP contribution in [0.3, 0.4) is 0 Å². The molecule has 0 radical (unpaired) electrons.